The predicted molar refractivity (Wildman–Crippen MR) is 79.3 cm³/mol. The molecule has 19 heavy (non-hydrogen) atoms. The largest absolute Gasteiger partial charge is 0.478 e. The maximum atomic E-state index is 11.0. The van der Waals surface area contributed by atoms with Crippen molar-refractivity contribution in [3.05, 3.63) is 11.6 Å². The fraction of sp³-hybridized carbons (Fsp3) is 0.812. The molecule has 0 bridgehead atoms. The molecule has 0 saturated carbocycles. The molecular weight excluding hydrogens is 238 g/mol. The Morgan fingerprint density at radius 3 is 2.11 bits per heavy atom. The topological polar surface area (TPSA) is 40.5 Å². The SMILES string of the molecule is CCCN1C(C)(C)CC(C=C(C)C(=O)O)CC1(C)C. The van der Waals surface area contributed by atoms with Gasteiger partial charge in [0.1, 0.15) is 0 Å². The highest BCUT2D eigenvalue weighted by Gasteiger charge is 2.43. The number of carbonyl (C=O) groups is 1. The lowest BCUT2D eigenvalue weighted by molar-refractivity contribution is -0.132. The second-order valence-electron chi connectivity index (χ2n) is 7.10. The standard InChI is InChI=1S/C16H29NO2/c1-7-8-17-15(3,4)10-13(11-16(17,5)6)9-12(2)14(18)19/h9,13H,7-8,10-11H2,1-6H3,(H,18,19). The van der Waals surface area contributed by atoms with E-state index in [1.54, 1.807) is 6.92 Å². The van der Waals surface area contributed by atoms with Gasteiger partial charge in [-0.1, -0.05) is 13.0 Å². The Kier molecular flexibility index (Phi) is 4.83. The molecule has 1 rings (SSSR count). The number of nitrogens with zero attached hydrogens (tertiary/aromatic N) is 1. The first-order valence-corrected chi connectivity index (χ1v) is 7.29. The molecule has 1 heterocycles. The molecule has 0 aromatic carbocycles. The summed E-state index contributed by atoms with van der Waals surface area (Å²) in [6.07, 6.45) is 5.17. The minimum Gasteiger partial charge on any atom is -0.478 e. The molecule has 3 heteroatoms. The number of hydrogen-bond acceptors (Lipinski definition) is 2. The van der Waals surface area contributed by atoms with Crippen LogP contribution in [-0.2, 0) is 4.79 Å². The average molecular weight is 267 g/mol. The molecule has 0 radical (unpaired) electrons. The third-order valence-electron chi connectivity index (χ3n) is 4.26. The third-order valence-corrected chi connectivity index (χ3v) is 4.26. The van der Waals surface area contributed by atoms with E-state index in [9.17, 15) is 4.79 Å². The first-order chi connectivity index (χ1) is 8.60. The van der Waals surface area contributed by atoms with Crippen LogP contribution in [0.25, 0.3) is 0 Å². The molecule has 1 saturated heterocycles. The quantitative estimate of drug-likeness (QED) is 0.790. The molecule has 0 aliphatic carbocycles. The van der Waals surface area contributed by atoms with Crippen LogP contribution in [0.15, 0.2) is 11.6 Å². The van der Waals surface area contributed by atoms with Crippen LogP contribution in [0.5, 0.6) is 0 Å². The fourth-order valence-corrected chi connectivity index (χ4v) is 3.77. The Balaban J connectivity index is 2.96. The maximum Gasteiger partial charge on any atom is 0.330 e. The van der Waals surface area contributed by atoms with Gasteiger partial charge in [-0.05, 0) is 66.3 Å². The van der Waals surface area contributed by atoms with E-state index in [0.29, 0.717) is 11.5 Å². The summed E-state index contributed by atoms with van der Waals surface area (Å²) in [5.74, 6) is -0.444. The Hall–Kier alpha value is -0.830. The van der Waals surface area contributed by atoms with Crippen molar-refractivity contribution in [2.24, 2.45) is 5.92 Å². The van der Waals surface area contributed by atoms with Gasteiger partial charge in [-0.3, -0.25) is 4.90 Å². The molecule has 1 fully saturated rings. The minimum atomic E-state index is -0.799. The number of carboxylic acid groups (broad SMARTS) is 1. The predicted octanol–water partition coefficient (Wildman–Crippen LogP) is 3.70. The molecule has 1 aliphatic heterocycles. The lowest BCUT2D eigenvalue weighted by atomic mass is 9.73. The second kappa shape index (κ2) is 5.66. The first kappa shape index (κ1) is 16.2. The molecule has 110 valence electrons. The van der Waals surface area contributed by atoms with E-state index in [1.807, 2.05) is 6.08 Å². The van der Waals surface area contributed by atoms with Crippen LogP contribution in [0.4, 0.5) is 0 Å². The van der Waals surface area contributed by atoms with E-state index in [-0.39, 0.29) is 11.1 Å². The zero-order valence-electron chi connectivity index (χ0n) is 13.3. The maximum absolute atomic E-state index is 11.0. The summed E-state index contributed by atoms with van der Waals surface area (Å²) in [6, 6.07) is 0. The Morgan fingerprint density at radius 2 is 1.74 bits per heavy atom. The van der Waals surface area contributed by atoms with Crippen molar-refractivity contribution in [2.75, 3.05) is 6.54 Å². The molecule has 0 spiro atoms. The monoisotopic (exact) mass is 267 g/mol. The summed E-state index contributed by atoms with van der Waals surface area (Å²) in [5, 5.41) is 9.03. The molecule has 0 aromatic rings. The summed E-state index contributed by atoms with van der Waals surface area (Å²) in [7, 11) is 0. The summed E-state index contributed by atoms with van der Waals surface area (Å²) >= 11 is 0. The van der Waals surface area contributed by atoms with Crippen LogP contribution >= 0.6 is 0 Å². The highest BCUT2D eigenvalue weighted by molar-refractivity contribution is 5.85. The lowest BCUT2D eigenvalue weighted by Gasteiger charge is -2.55. The Morgan fingerprint density at radius 1 is 1.26 bits per heavy atom. The number of hydrogen-bond donors (Lipinski definition) is 1. The van der Waals surface area contributed by atoms with E-state index in [1.165, 1.54) is 0 Å². The number of likely N-dealkylation sites (tertiary alicyclic amines) is 1. The van der Waals surface area contributed by atoms with E-state index in [0.717, 1.165) is 25.8 Å². The first-order valence-electron chi connectivity index (χ1n) is 7.29. The summed E-state index contributed by atoms with van der Waals surface area (Å²) < 4.78 is 0. The van der Waals surface area contributed by atoms with Crippen LogP contribution < -0.4 is 0 Å². The highest BCUT2D eigenvalue weighted by Crippen LogP contribution is 2.42. The number of piperidine rings is 1. The van der Waals surface area contributed by atoms with E-state index in [4.69, 9.17) is 5.11 Å². The molecule has 0 aromatic heterocycles. The normalized spacial score (nSPS) is 24.4. The fourth-order valence-electron chi connectivity index (χ4n) is 3.77. The smallest absolute Gasteiger partial charge is 0.330 e. The molecule has 3 nitrogen and oxygen atoms in total. The Bertz CT molecular complexity index is 351. The van der Waals surface area contributed by atoms with Crippen molar-refractivity contribution >= 4 is 5.97 Å². The van der Waals surface area contributed by atoms with Gasteiger partial charge in [0, 0.05) is 16.7 Å². The zero-order chi connectivity index (χ0) is 14.8. The van der Waals surface area contributed by atoms with Gasteiger partial charge >= 0.3 is 5.97 Å². The van der Waals surface area contributed by atoms with Gasteiger partial charge in [0.15, 0.2) is 0 Å². The van der Waals surface area contributed by atoms with Crippen molar-refractivity contribution in [3.63, 3.8) is 0 Å². The van der Waals surface area contributed by atoms with Crippen molar-refractivity contribution in [1.29, 1.82) is 0 Å². The number of carboxylic acids is 1. The van der Waals surface area contributed by atoms with E-state index in [2.05, 4.69) is 39.5 Å². The van der Waals surface area contributed by atoms with Crippen molar-refractivity contribution in [3.8, 4) is 0 Å². The van der Waals surface area contributed by atoms with Gasteiger partial charge in [-0.15, -0.1) is 0 Å². The van der Waals surface area contributed by atoms with Gasteiger partial charge in [0.2, 0.25) is 0 Å². The van der Waals surface area contributed by atoms with Gasteiger partial charge in [0.25, 0.3) is 0 Å². The van der Waals surface area contributed by atoms with Crippen LogP contribution in [-0.4, -0.2) is 33.6 Å². The minimum absolute atomic E-state index is 0.123. The number of aliphatic carboxylic acids is 1. The van der Waals surface area contributed by atoms with Gasteiger partial charge < -0.3 is 5.11 Å². The second-order valence-corrected chi connectivity index (χ2v) is 7.10. The van der Waals surface area contributed by atoms with Crippen LogP contribution in [0, 0.1) is 5.92 Å². The number of rotatable bonds is 4. The van der Waals surface area contributed by atoms with Crippen molar-refractivity contribution < 1.29 is 9.90 Å². The zero-order valence-corrected chi connectivity index (χ0v) is 13.3. The molecule has 0 atom stereocenters. The van der Waals surface area contributed by atoms with Crippen LogP contribution in [0.2, 0.25) is 0 Å². The van der Waals surface area contributed by atoms with Crippen LogP contribution in [0.3, 0.4) is 0 Å². The van der Waals surface area contributed by atoms with Crippen LogP contribution in [0.1, 0.15) is 60.8 Å². The molecular formula is C16H29NO2. The van der Waals surface area contributed by atoms with E-state index >= 15 is 0 Å². The van der Waals surface area contributed by atoms with Gasteiger partial charge in [-0.25, -0.2) is 4.79 Å². The lowest BCUT2D eigenvalue weighted by Crippen LogP contribution is -2.60. The molecule has 0 amide bonds. The molecule has 1 N–H and O–H groups in total. The number of allylic oxidation sites excluding steroid dienone is 1. The van der Waals surface area contributed by atoms with Gasteiger partial charge in [0.05, 0.1) is 0 Å². The average Bonchev–Trinajstić information content (AvgIpc) is 2.22. The summed E-state index contributed by atoms with van der Waals surface area (Å²) in [6.45, 7) is 14.1. The summed E-state index contributed by atoms with van der Waals surface area (Å²) in [4.78, 5) is 13.6. The van der Waals surface area contributed by atoms with Crippen molar-refractivity contribution in [2.45, 2.75) is 71.9 Å². The summed E-state index contributed by atoms with van der Waals surface area (Å²) in [5.41, 5.74) is 0.718. The Labute approximate surface area is 117 Å². The van der Waals surface area contributed by atoms with Crippen molar-refractivity contribution in [1.82, 2.24) is 4.90 Å². The van der Waals surface area contributed by atoms with E-state index < -0.39 is 5.97 Å². The third kappa shape index (κ3) is 3.82. The highest BCUT2D eigenvalue weighted by atomic mass is 16.4. The van der Waals surface area contributed by atoms with Gasteiger partial charge in [-0.2, -0.15) is 0 Å². The molecule has 1 aliphatic rings. The molecule has 0 unspecified atom stereocenters.